The SMILES string of the molecule is COc1cc(-c2ncoc2-c2cc(OC)c(OC)c([N+](=O)[O-])c2)cc(OC)c1OC. The average molecular weight is 416 g/mol. The Morgan fingerprint density at radius 2 is 1.33 bits per heavy atom. The summed E-state index contributed by atoms with van der Waals surface area (Å²) in [6, 6.07) is 6.33. The monoisotopic (exact) mass is 416 g/mol. The fourth-order valence-corrected chi connectivity index (χ4v) is 3.09. The van der Waals surface area contributed by atoms with Crippen LogP contribution >= 0.6 is 0 Å². The summed E-state index contributed by atoms with van der Waals surface area (Å²) in [6.45, 7) is 0. The molecule has 3 aromatic rings. The van der Waals surface area contributed by atoms with Crippen LogP contribution in [0.5, 0.6) is 28.7 Å². The Morgan fingerprint density at radius 3 is 1.83 bits per heavy atom. The molecule has 158 valence electrons. The van der Waals surface area contributed by atoms with Crippen LogP contribution in [-0.4, -0.2) is 45.5 Å². The number of ether oxygens (including phenoxy) is 5. The van der Waals surface area contributed by atoms with E-state index in [2.05, 4.69) is 4.98 Å². The molecule has 0 N–H and O–H groups in total. The van der Waals surface area contributed by atoms with E-state index in [0.29, 0.717) is 39.8 Å². The average Bonchev–Trinajstić information content (AvgIpc) is 3.26. The predicted molar refractivity (Wildman–Crippen MR) is 107 cm³/mol. The highest BCUT2D eigenvalue weighted by Gasteiger charge is 2.25. The molecule has 10 nitrogen and oxygen atoms in total. The normalized spacial score (nSPS) is 10.4. The van der Waals surface area contributed by atoms with E-state index in [9.17, 15) is 10.1 Å². The summed E-state index contributed by atoms with van der Waals surface area (Å²) < 4.78 is 32.1. The molecule has 0 unspecified atom stereocenters. The molecule has 0 spiro atoms. The second-order valence-electron chi connectivity index (χ2n) is 5.93. The Hall–Kier alpha value is -3.95. The first kappa shape index (κ1) is 20.8. The molecule has 0 saturated heterocycles. The molecule has 1 aromatic heterocycles. The lowest BCUT2D eigenvalue weighted by atomic mass is 10.0. The van der Waals surface area contributed by atoms with Gasteiger partial charge in [0.1, 0.15) is 5.69 Å². The van der Waals surface area contributed by atoms with Gasteiger partial charge in [-0.3, -0.25) is 10.1 Å². The van der Waals surface area contributed by atoms with Crippen molar-refractivity contribution in [2.75, 3.05) is 35.5 Å². The molecule has 0 amide bonds. The van der Waals surface area contributed by atoms with Gasteiger partial charge >= 0.3 is 5.69 Å². The van der Waals surface area contributed by atoms with Crippen molar-refractivity contribution >= 4 is 5.69 Å². The van der Waals surface area contributed by atoms with Crippen LogP contribution in [0.1, 0.15) is 0 Å². The van der Waals surface area contributed by atoms with Crippen LogP contribution in [0.4, 0.5) is 5.69 Å². The van der Waals surface area contributed by atoms with Gasteiger partial charge in [0.25, 0.3) is 0 Å². The van der Waals surface area contributed by atoms with E-state index >= 15 is 0 Å². The maximum Gasteiger partial charge on any atom is 0.315 e. The summed E-state index contributed by atoms with van der Waals surface area (Å²) in [5.41, 5.74) is 1.15. The number of benzene rings is 2. The molecular formula is C20H20N2O8. The Balaban J connectivity index is 2.22. The minimum Gasteiger partial charge on any atom is -0.493 e. The minimum atomic E-state index is -0.555. The van der Waals surface area contributed by atoms with Crippen molar-refractivity contribution < 1.29 is 33.0 Å². The molecule has 0 aliphatic heterocycles. The molecule has 1 heterocycles. The van der Waals surface area contributed by atoms with Gasteiger partial charge < -0.3 is 28.1 Å². The van der Waals surface area contributed by atoms with Gasteiger partial charge in [0.15, 0.2) is 29.4 Å². The number of rotatable bonds is 8. The molecule has 0 atom stereocenters. The highest BCUT2D eigenvalue weighted by Crippen LogP contribution is 2.45. The van der Waals surface area contributed by atoms with Gasteiger partial charge in [-0.15, -0.1) is 0 Å². The van der Waals surface area contributed by atoms with Crippen LogP contribution in [0, 0.1) is 10.1 Å². The fraction of sp³-hybridized carbons (Fsp3) is 0.250. The number of nitrogens with zero attached hydrogens (tertiary/aromatic N) is 2. The maximum absolute atomic E-state index is 11.5. The van der Waals surface area contributed by atoms with Gasteiger partial charge in [-0.1, -0.05) is 0 Å². The molecule has 0 saturated carbocycles. The minimum absolute atomic E-state index is 0.0140. The molecule has 0 aliphatic rings. The Bertz CT molecular complexity index is 1050. The van der Waals surface area contributed by atoms with E-state index in [1.165, 1.54) is 48.0 Å². The Kier molecular flexibility index (Phi) is 5.95. The van der Waals surface area contributed by atoms with Crippen LogP contribution in [0.3, 0.4) is 0 Å². The summed E-state index contributed by atoms with van der Waals surface area (Å²) in [4.78, 5) is 15.3. The van der Waals surface area contributed by atoms with Crippen molar-refractivity contribution in [3.05, 3.63) is 40.8 Å². The molecule has 0 fully saturated rings. The van der Waals surface area contributed by atoms with Crippen molar-refractivity contribution in [1.82, 2.24) is 4.98 Å². The predicted octanol–water partition coefficient (Wildman–Crippen LogP) is 3.96. The summed E-state index contributed by atoms with van der Waals surface area (Å²) in [5.74, 6) is 1.79. The number of hydrogen-bond donors (Lipinski definition) is 0. The van der Waals surface area contributed by atoms with E-state index in [4.69, 9.17) is 28.1 Å². The van der Waals surface area contributed by atoms with Gasteiger partial charge in [0, 0.05) is 17.2 Å². The third-order valence-corrected chi connectivity index (χ3v) is 4.42. The standard InChI is InChI=1S/C20H20N2O8/c1-25-14-9-12(6-13(22(23)24)19(14)28-4)18-17(21-10-30-18)11-7-15(26-2)20(29-5)16(8-11)27-3/h6-10H,1-5H3. The molecule has 30 heavy (non-hydrogen) atoms. The number of hydrogen-bond acceptors (Lipinski definition) is 9. The van der Waals surface area contributed by atoms with E-state index in [0.717, 1.165) is 0 Å². The van der Waals surface area contributed by atoms with Gasteiger partial charge in [0.05, 0.1) is 40.5 Å². The smallest absolute Gasteiger partial charge is 0.315 e. The third-order valence-electron chi connectivity index (χ3n) is 4.42. The largest absolute Gasteiger partial charge is 0.493 e. The van der Waals surface area contributed by atoms with E-state index in [1.807, 2.05) is 0 Å². The van der Waals surface area contributed by atoms with E-state index in [-0.39, 0.29) is 17.2 Å². The maximum atomic E-state index is 11.5. The molecule has 0 bridgehead atoms. The molecule has 2 aromatic carbocycles. The highest BCUT2D eigenvalue weighted by atomic mass is 16.6. The lowest BCUT2D eigenvalue weighted by Gasteiger charge is -2.14. The summed E-state index contributed by atoms with van der Waals surface area (Å²) in [5, 5.41) is 11.5. The Morgan fingerprint density at radius 1 is 0.800 bits per heavy atom. The van der Waals surface area contributed by atoms with Crippen molar-refractivity contribution in [2.45, 2.75) is 0 Å². The van der Waals surface area contributed by atoms with Crippen molar-refractivity contribution in [3.63, 3.8) is 0 Å². The molecule has 0 aliphatic carbocycles. The number of aromatic nitrogens is 1. The van der Waals surface area contributed by atoms with Crippen molar-refractivity contribution in [3.8, 4) is 51.3 Å². The fourth-order valence-electron chi connectivity index (χ4n) is 3.09. The zero-order valence-electron chi connectivity index (χ0n) is 17.0. The van der Waals surface area contributed by atoms with Gasteiger partial charge in [-0.05, 0) is 18.2 Å². The van der Waals surface area contributed by atoms with Crippen LogP contribution < -0.4 is 23.7 Å². The lowest BCUT2D eigenvalue weighted by Crippen LogP contribution is -1.98. The van der Waals surface area contributed by atoms with Crippen molar-refractivity contribution in [1.29, 1.82) is 0 Å². The Labute approximate surface area is 172 Å². The topological polar surface area (TPSA) is 115 Å². The third kappa shape index (κ3) is 3.54. The summed E-state index contributed by atoms with van der Waals surface area (Å²) in [7, 11) is 7.24. The van der Waals surface area contributed by atoms with Gasteiger partial charge in [0.2, 0.25) is 11.5 Å². The second-order valence-corrected chi connectivity index (χ2v) is 5.93. The van der Waals surface area contributed by atoms with Crippen LogP contribution in [-0.2, 0) is 0 Å². The highest BCUT2D eigenvalue weighted by molar-refractivity contribution is 5.82. The molecule has 0 radical (unpaired) electrons. The summed E-state index contributed by atoms with van der Waals surface area (Å²) >= 11 is 0. The molecular weight excluding hydrogens is 396 g/mol. The first-order chi connectivity index (χ1) is 14.5. The lowest BCUT2D eigenvalue weighted by molar-refractivity contribution is -0.385. The van der Waals surface area contributed by atoms with Gasteiger partial charge in [-0.25, -0.2) is 4.98 Å². The summed E-state index contributed by atoms with van der Waals surface area (Å²) in [6.07, 6.45) is 1.25. The first-order valence-electron chi connectivity index (χ1n) is 8.63. The zero-order valence-corrected chi connectivity index (χ0v) is 17.0. The zero-order chi connectivity index (χ0) is 21.8. The number of nitro benzene ring substituents is 1. The quantitative estimate of drug-likeness (QED) is 0.397. The van der Waals surface area contributed by atoms with Crippen LogP contribution in [0.15, 0.2) is 35.1 Å². The van der Waals surface area contributed by atoms with Gasteiger partial charge in [-0.2, -0.15) is 0 Å². The molecule has 10 heteroatoms. The van der Waals surface area contributed by atoms with E-state index in [1.54, 1.807) is 18.2 Å². The van der Waals surface area contributed by atoms with E-state index < -0.39 is 4.92 Å². The number of methoxy groups -OCH3 is 5. The van der Waals surface area contributed by atoms with Crippen LogP contribution in [0.2, 0.25) is 0 Å². The second kappa shape index (κ2) is 8.60. The van der Waals surface area contributed by atoms with Crippen molar-refractivity contribution in [2.24, 2.45) is 0 Å². The number of nitro groups is 1. The number of oxazole rings is 1. The van der Waals surface area contributed by atoms with Crippen LogP contribution in [0.25, 0.3) is 22.6 Å². The molecule has 3 rings (SSSR count). The first-order valence-corrected chi connectivity index (χ1v) is 8.63.